The van der Waals surface area contributed by atoms with Gasteiger partial charge in [0, 0.05) is 12.3 Å². The van der Waals surface area contributed by atoms with Crippen LogP contribution in [0, 0.1) is 34.5 Å². The highest BCUT2D eigenvalue weighted by atomic mass is 31.2. The van der Waals surface area contributed by atoms with Gasteiger partial charge in [0.05, 0.1) is 6.10 Å². The third kappa shape index (κ3) is 3.55. The zero-order valence-corrected chi connectivity index (χ0v) is 20.7. The van der Waals surface area contributed by atoms with Crippen LogP contribution in [0.4, 0.5) is 0 Å². The number of ketones is 1. The Labute approximate surface area is 190 Å². The third-order valence-electron chi connectivity index (χ3n) is 9.66. The monoisotopic (exact) mass is 468 g/mol. The summed E-state index contributed by atoms with van der Waals surface area (Å²) in [5.41, 5.74) is -0.155. The van der Waals surface area contributed by atoms with E-state index in [0.717, 1.165) is 32.1 Å². The van der Waals surface area contributed by atoms with Gasteiger partial charge in [0.2, 0.25) is 0 Å². The fourth-order valence-electron chi connectivity index (χ4n) is 8.45. The fourth-order valence-corrected chi connectivity index (χ4v) is 8.97. The lowest BCUT2D eigenvalue weighted by Gasteiger charge is -2.60. The summed E-state index contributed by atoms with van der Waals surface area (Å²) in [5.74, 6) is 1.03. The maximum atomic E-state index is 12.9. The number of hydrogen-bond acceptors (Lipinski definition) is 5. The third-order valence-corrected chi connectivity index (χ3v) is 10.2. The molecular weight excluding hydrogens is 431 g/mol. The normalized spacial score (nSPS) is 45.8. The predicted molar refractivity (Wildman–Crippen MR) is 118 cm³/mol. The first-order valence-electron chi connectivity index (χ1n) is 11.9. The smallest absolute Gasteiger partial charge is 0.451 e. The summed E-state index contributed by atoms with van der Waals surface area (Å²) in [6, 6.07) is 0. The lowest BCUT2D eigenvalue weighted by Crippen LogP contribution is -2.59. The topological polar surface area (TPSA) is 110 Å². The molecule has 4 aliphatic rings. The summed E-state index contributed by atoms with van der Waals surface area (Å²) in [6.45, 7) is 9.63. The molecule has 8 atom stereocenters. The van der Waals surface area contributed by atoms with Gasteiger partial charge in [-0.15, -0.1) is 0 Å². The van der Waals surface area contributed by atoms with E-state index in [1.54, 1.807) is 6.92 Å². The largest absolute Gasteiger partial charge is 0.470 e. The molecule has 0 aromatic carbocycles. The molecule has 0 aromatic heterocycles. The molecule has 3 fully saturated rings. The molecule has 0 unspecified atom stereocenters. The molecule has 0 spiro atoms. The Morgan fingerprint density at radius 2 is 1.72 bits per heavy atom. The molecule has 32 heavy (non-hydrogen) atoms. The van der Waals surface area contributed by atoms with Crippen molar-refractivity contribution in [2.24, 2.45) is 34.5 Å². The maximum absolute atomic E-state index is 12.9. The highest BCUT2D eigenvalue weighted by Gasteiger charge is 2.68. The van der Waals surface area contributed by atoms with Gasteiger partial charge in [-0.05, 0) is 81.0 Å². The van der Waals surface area contributed by atoms with E-state index in [2.05, 4.69) is 20.8 Å². The number of hydrogen-bond donors (Lipinski definition) is 2. The van der Waals surface area contributed by atoms with Crippen molar-refractivity contribution in [3.8, 4) is 0 Å². The molecular formula is C24H37O7P. The van der Waals surface area contributed by atoms with Crippen LogP contribution in [0.15, 0.2) is 11.6 Å². The van der Waals surface area contributed by atoms with E-state index < -0.39 is 19.5 Å². The molecule has 2 N–H and O–H groups in total. The summed E-state index contributed by atoms with van der Waals surface area (Å²) >= 11 is 0. The first kappa shape index (κ1) is 24.1. The van der Waals surface area contributed by atoms with Crippen LogP contribution >= 0.6 is 7.82 Å². The van der Waals surface area contributed by atoms with E-state index in [1.165, 1.54) is 12.5 Å². The summed E-state index contributed by atoms with van der Waals surface area (Å²) in [4.78, 5) is 43.4. The summed E-state index contributed by atoms with van der Waals surface area (Å²) in [6.07, 6.45) is 7.10. The molecule has 4 aliphatic carbocycles. The van der Waals surface area contributed by atoms with Crippen molar-refractivity contribution in [1.29, 1.82) is 0 Å². The first-order chi connectivity index (χ1) is 14.7. The second-order valence-corrected chi connectivity index (χ2v) is 12.4. The second kappa shape index (κ2) is 7.76. The molecule has 180 valence electrons. The SMILES string of the molecule is CC(=O)O[C@]1(C(C)=O)CC[C@H]2[C@@H]3C[C@H](C)C4=C[C@@H](OP(=O)(O)O)CC[C@]4(C)[C@H]3CC[C@@]21C. The van der Waals surface area contributed by atoms with Crippen LogP contribution in [0.2, 0.25) is 0 Å². The van der Waals surface area contributed by atoms with Gasteiger partial charge in [-0.3, -0.25) is 14.1 Å². The molecule has 0 bridgehead atoms. The van der Waals surface area contributed by atoms with Gasteiger partial charge < -0.3 is 14.5 Å². The average Bonchev–Trinajstić information content (AvgIpc) is 2.95. The van der Waals surface area contributed by atoms with Gasteiger partial charge in [-0.2, -0.15) is 0 Å². The number of Topliss-reactive ketones (excluding diaryl/α,β-unsaturated/α-hetero) is 1. The Kier molecular flexibility index (Phi) is 5.85. The van der Waals surface area contributed by atoms with Crippen LogP contribution in [0.1, 0.15) is 79.6 Å². The molecule has 0 saturated heterocycles. The van der Waals surface area contributed by atoms with E-state index in [0.29, 0.717) is 30.6 Å². The number of phosphoric acid groups is 1. The molecule has 0 amide bonds. The number of esters is 1. The maximum Gasteiger partial charge on any atom is 0.470 e. The Bertz CT molecular complexity index is 893. The molecule has 3 saturated carbocycles. The molecule has 8 heteroatoms. The molecule has 0 heterocycles. The van der Waals surface area contributed by atoms with E-state index in [1.807, 2.05) is 6.08 Å². The number of phosphoric ester groups is 1. The van der Waals surface area contributed by atoms with Crippen LogP contribution in [0.5, 0.6) is 0 Å². The number of ether oxygens (including phenoxy) is 1. The summed E-state index contributed by atoms with van der Waals surface area (Å²) in [5, 5.41) is 0. The number of fused-ring (bicyclic) bond motifs is 5. The zero-order chi connectivity index (χ0) is 23.7. The lowest BCUT2D eigenvalue weighted by molar-refractivity contribution is -0.187. The highest BCUT2D eigenvalue weighted by molar-refractivity contribution is 7.46. The van der Waals surface area contributed by atoms with E-state index >= 15 is 0 Å². The number of carbonyl (C=O) groups is 2. The van der Waals surface area contributed by atoms with Crippen molar-refractivity contribution >= 4 is 19.6 Å². The van der Waals surface area contributed by atoms with Gasteiger partial charge >= 0.3 is 13.8 Å². The predicted octanol–water partition coefficient (Wildman–Crippen LogP) is 4.56. The minimum absolute atomic E-state index is 0.0399. The van der Waals surface area contributed by atoms with Crippen molar-refractivity contribution < 1.29 is 33.2 Å². The Balaban J connectivity index is 1.67. The van der Waals surface area contributed by atoms with Gasteiger partial charge in [-0.1, -0.05) is 32.4 Å². The molecule has 0 aromatic rings. The van der Waals surface area contributed by atoms with Crippen LogP contribution in [0.25, 0.3) is 0 Å². The van der Waals surface area contributed by atoms with Crippen LogP contribution in [-0.2, 0) is 23.4 Å². The minimum atomic E-state index is -4.53. The average molecular weight is 469 g/mol. The minimum Gasteiger partial charge on any atom is -0.451 e. The van der Waals surface area contributed by atoms with Crippen molar-refractivity contribution in [2.45, 2.75) is 91.3 Å². The second-order valence-electron chi connectivity index (χ2n) is 11.2. The Hall–Kier alpha value is -1.01. The molecule has 4 rings (SSSR count). The first-order valence-corrected chi connectivity index (χ1v) is 13.4. The highest BCUT2D eigenvalue weighted by Crippen LogP contribution is 2.69. The van der Waals surface area contributed by atoms with Gasteiger partial charge in [0.1, 0.15) is 0 Å². The quantitative estimate of drug-likeness (QED) is 0.353. The fraction of sp³-hybridized carbons (Fsp3) is 0.833. The summed E-state index contributed by atoms with van der Waals surface area (Å²) in [7, 11) is -4.53. The van der Waals surface area contributed by atoms with E-state index in [-0.39, 0.29) is 28.5 Å². The van der Waals surface area contributed by atoms with Gasteiger partial charge in [0.15, 0.2) is 11.4 Å². The number of allylic oxidation sites excluding steroid dienone is 1. The van der Waals surface area contributed by atoms with Crippen LogP contribution < -0.4 is 0 Å². The van der Waals surface area contributed by atoms with Gasteiger partial charge in [-0.25, -0.2) is 4.57 Å². The standard InChI is InChI=1S/C24H37O7P/c1-14-12-18-19(22(4)9-6-17(13-21(14)22)31-32(27,28)29)7-10-23(5)20(18)8-11-24(23,15(2)25)30-16(3)26/h13-14,17-20H,6-12H2,1-5H3,(H2,27,28,29)/t14-,17-,18+,19-,20-,22+,23-,24-/m0/s1. The molecule has 0 radical (unpaired) electrons. The molecule has 0 aliphatic heterocycles. The Morgan fingerprint density at radius 1 is 1.06 bits per heavy atom. The van der Waals surface area contributed by atoms with Gasteiger partial charge in [0.25, 0.3) is 0 Å². The van der Waals surface area contributed by atoms with Crippen molar-refractivity contribution in [2.75, 3.05) is 0 Å². The molecule has 7 nitrogen and oxygen atoms in total. The van der Waals surface area contributed by atoms with Crippen LogP contribution in [0.3, 0.4) is 0 Å². The summed E-state index contributed by atoms with van der Waals surface area (Å²) < 4.78 is 22.3. The van der Waals surface area contributed by atoms with E-state index in [4.69, 9.17) is 9.26 Å². The van der Waals surface area contributed by atoms with Crippen LogP contribution in [-0.4, -0.2) is 33.2 Å². The number of rotatable bonds is 4. The number of carbonyl (C=O) groups excluding carboxylic acids is 2. The van der Waals surface area contributed by atoms with E-state index in [9.17, 15) is 23.9 Å². The Morgan fingerprint density at radius 3 is 2.31 bits per heavy atom. The zero-order valence-electron chi connectivity index (χ0n) is 19.8. The van der Waals surface area contributed by atoms with Crippen molar-refractivity contribution in [3.63, 3.8) is 0 Å². The van der Waals surface area contributed by atoms with Crippen molar-refractivity contribution in [3.05, 3.63) is 11.6 Å². The lowest BCUT2D eigenvalue weighted by atomic mass is 9.44. The van der Waals surface area contributed by atoms with Crippen molar-refractivity contribution in [1.82, 2.24) is 0 Å².